The van der Waals surface area contributed by atoms with Gasteiger partial charge in [0.05, 0.1) is 0 Å². The lowest BCUT2D eigenvalue weighted by Crippen LogP contribution is -2.52. The van der Waals surface area contributed by atoms with Gasteiger partial charge in [-0.15, -0.1) is 0 Å². The highest BCUT2D eigenvalue weighted by Crippen LogP contribution is 2.13. The Morgan fingerprint density at radius 2 is 1.95 bits per heavy atom. The monoisotopic (exact) mass is 372 g/mol. The van der Waals surface area contributed by atoms with Gasteiger partial charge in [0, 0.05) is 22.6 Å². The fraction of sp³-hybridized carbons (Fsp3) is 0.308. The number of halogens is 1. The van der Waals surface area contributed by atoms with Gasteiger partial charge in [-0.25, -0.2) is 0 Å². The van der Waals surface area contributed by atoms with E-state index in [-0.39, 0.29) is 24.1 Å². The highest BCUT2D eigenvalue weighted by Gasteiger charge is 2.32. The van der Waals surface area contributed by atoms with E-state index in [0.717, 1.165) is 8.47 Å². The summed E-state index contributed by atoms with van der Waals surface area (Å²) in [5.74, 6) is -0.850. The molecule has 1 aliphatic heterocycles. The fourth-order valence-corrected chi connectivity index (χ4v) is 2.25. The summed E-state index contributed by atoms with van der Waals surface area (Å²) in [4.78, 5) is 36.2. The standard InChI is InChI=1S/C13H13IN2O3/c1-16-11(17)7-6-10(13(16)19)15-12(18)8-2-4-9(14)5-3-8/h2-5,10H,6-7H2,1H3,(H,15,18). The number of piperidine rings is 1. The molecule has 2 rings (SSSR count). The first kappa shape index (κ1) is 14.0. The van der Waals surface area contributed by atoms with Crippen LogP contribution in [0, 0.1) is 3.57 Å². The van der Waals surface area contributed by atoms with Gasteiger partial charge >= 0.3 is 0 Å². The van der Waals surface area contributed by atoms with Crippen LogP contribution in [0.4, 0.5) is 0 Å². The molecular formula is C13H13IN2O3. The van der Waals surface area contributed by atoms with Gasteiger partial charge in [0.25, 0.3) is 11.8 Å². The maximum Gasteiger partial charge on any atom is 0.251 e. The van der Waals surface area contributed by atoms with Crippen LogP contribution in [0.2, 0.25) is 0 Å². The topological polar surface area (TPSA) is 66.5 Å². The van der Waals surface area contributed by atoms with Crippen LogP contribution in [-0.4, -0.2) is 35.7 Å². The molecule has 19 heavy (non-hydrogen) atoms. The van der Waals surface area contributed by atoms with E-state index in [0.29, 0.717) is 12.0 Å². The third kappa shape index (κ3) is 3.12. The van der Waals surface area contributed by atoms with E-state index in [1.165, 1.54) is 7.05 Å². The van der Waals surface area contributed by atoms with Crippen LogP contribution in [0.5, 0.6) is 0 Å². The number of carbonyl (C=O) groups excluding carboxylic acids is 3. The smallest absolute Gasteiger partial charge is 0.251 e. The lowest BCUT2D eigenvalue weighted by atomic mass is 10.0. The second-order valence-corrected chi connectivity index (χ2v) is 5.61. The number of hydrogen-bond acceptors (Lipinski definition) is 3. The molecule has 0 aliphatic carbocycles. The molecule has 0 spiro atoms. The largest absolute Gasteiger partial charge is 0.340 e. The Morgan fingerprint density at radius 3 is 2.58 bits per heavy atom. The van der Waals surface area contributed by atoms with E-state index in [4.69, 9.17) is 0 Å². The number of nitrogens with one attached hydrogen (secondary N) is 1. The van der Waals surface area contributed by atoms with Gasteiger partial charge in [-0.3, -0.25) is 19.3 Å². The van der Waals surface area contributed by atoms with E-state index in [1.54, 1.807) is 12.1 Å². The average molecular weight is 372 g/mol. The second-order valence-electron chi connectivity index (χ2n) is 4.36. The first-order valence-electron chi connectivity index (χ1n) is 5.86. The molecule has 0 aromatic heterocycles. The van der Waals surface area contributed by atoms with E-state index in [9.17, 15) is 14.4 Å². The van der Waals surface area contributed by atoms with Crippen molar-refractivity contribution in [2.75, 3.05) is 7.05 Å². The van der Waals surface area contributed by atoms with Gasteiger partial charge < -0.3 is 5.32 Å². The zero-order valence-corrected chi connectivity index (χ0v) is 12.5. The minimum absolute atomic E-state index is 0.204. The molecular weight excluding hydrogens is 359 g/mol. The number of likely N-dealkylation sites (N-methyl/N-ethyl adjacent to an activating group) is 1. The number of likely N-dealkylation sites (tertiary alicyclic amines) is 1. The Labute approximate surface area is 124 Å². The summed E-state index contributed by atoms with van der Waals surface area (Å²) in [5.41, 5.74) is 0.507. The van der Waals surface area contributed by atoms with Crippen LogP contribution >= 0.6 is 22.6 Å². The molecule has 1 atom stereocenters. The Balaban J connectivity index is 2.05. The number of imide groups is 1. The second kappa shape index (κ2) is 5.68. The zero-order chi connectivity index (χ0) is 14.0. The van der Waals surface area contributed by atoms with Crippen molar-refractivity contribution in [3.05, 3.63) is 33.4 Å². The Hall–Kier alpha value is -1.44. The number of amides is 3. The van der Waals surface area contributed by atoms with Crippen molar-refractivity contribution in [1.82, 2.24) is 10.2 Å². The van der Waals surface area contributed by atoms with Crippen LogP contribution in [-0.2, 0) is 9.59 Å². The van der Waals surface area contributed by atoms with Crippen LogP contribution < -0.4 is 5.32 Å². The number of benzene rings is 1. The van der Waals surface area contributed by atoms with Crippen molar-refractivity contribution in [3.8, 4) is 0 Å². The van der Waals surface area contributed by atoms with Crippen molar-refractivity contribution < 1.29 is 14.4 Å². The number of rotatable bonds is 2. The molecule has 1 fully saturated rings. The molecule has 3 amide bonds. The Morgan fingerprint density at radius 1 is 1.32 bits per heavy atom. The Bertz CT molecular complexity index is 527. The van der Waals surface area contributed by atoms with Gasteiger partial charge in [0.2, 0.25) is 5.91 Å². The van der Waals surface area contributed by atoms with Crippen molar-refractivity contribution in [1.29, 1.82) is 0 Å². The summed E-state index contributed by atoms with van der Waals surface area (Å²) < 4.78 is 1.04. The minimum Gasteiger partial charge on any atom is -0.340 e. The van der Waals surface area contributed by atoms with Gasteiger partial charge in [-0.1, -0.05) is 0 Å². The lowest BCUT2D eigenvalue weighted by Gasteiger charge is -2.28. The summed E-state index contributed by atoms with van der Waals surface area (Å²) in [6.45, 7) is 0. The summed E-state index contributed by atoms with van der Waals surface area (Å²) in [5, 5.41) is 2.67. The number of nitrogens with zero attached hydrogens (tertiary/aromatic N) is 1. The molecule has 1 saturated heterocycles. The van der Waals surface area contributed by atoms with Crippen molar-refractivity contribution in [3.63, 3.8) is 0 Å². The van der Waals surface area contributed by atoms with E-state index in [1.807, 2.05) is 12.1 Å². The van der Waals surface area contributed by atoms with Gasteiger partial charge in [0.1, 0.15) is 6.04 Å². The number of carbonyl (C=O) groups is 3. The van der Waals surface area contributed by atoms with Crippen molar-refractivity contribution in [2.45, 2.75) is 18.9 Å². The SMILES string of the molecule is CN1C(=O)CCC(NC(=O)c2ccc(I)cc2)C1=O. The molecule has 1 unspecified atom stereocenters. The summed E-state index contributed by atoms with van der Waals surface area (Å²) in [6, 6.07) is 6.45. The van der Waals surface area contributed by atoms with Gasteiger partial charge in [0.15, 0.2) is 0 Å². The molecule has 0 saturated carbocycles. The third-order valence-corrected chi connectivity index (χ3v) is 3.78. The van der Waals surface area contributed by atoms with E-state index in [2.05, 4.69) is 27.9 Å². The van der Waals surface area contributed by atoms with Gasteiger partial charge in [-0.05, 0) is 53.3 Å². The van der Waals surface area contributed by atoms with Crippen LogP contribution in [0.3, 0.4) is 0 Å². The molecule has 1 N–H and O–H groups in total. The Kier molecular flexibility index (Phi) is 4.18. The molecule has 1 aromatic carbocycles. The first-order chi connectivity index (χ1) is 8.99. The molecule has 0 bridgehead atoms. The highest BCUT2D eigenvalue weighted by atomic mass is 127. The van der Waals surface area contributed by atoms with E-state index < -0.39 is 6.04 Å². The summed E-state index contributed by atoms with van der Waals surface area (Å²) in [7, 11) is 1.44. The minimum atomic E-state index is -0.616. The molecule has 100 valence electrons. The number of hydrogen-bond donors (Lipinski definition) is 1. The predicted molar refractivity (Wildman–Crippen MR) is 77.4 cm³/mol. The quantitative estimate of drug-likeness (QED) is 0.626. The van der Waals surface area contributed by atoms with Gasteiger partial charge in [-0.2, -0.15) is 0 Å². The molecule has 1 heterocycles. The van der Waals surface area contributed by atoms with Crippen LogP contribution in [0.25, 0.3) is 0 Å². The van der Waals surface area contributed by atoms with Crippen LogP contribution in [0.1, 0.15) is 23.2 Å². The predicted octanol–water partition coefficient (Wildman–Crippen LogP) is 1.17. The molecule has 1 aliphatic rings. The summed E-state index contributed by atoms with van der Waals surface area (Å²) >= 11 is 2.15. The highest BCUT2D eigenvalue weighted by molar-refractivity contribution is 14.1. The van der Waals surface area contributed by atoms with Crippen molar-refractivity contribution in [2.24, 2.45) is 0 Å². The maximum absolute atomic E-state index is 12.0. The molecule has 1 aromatic rings. The lowest BCUT2D eigenvalue weighted by molar-refractivity contribution is -0.147. The zero-order valence-electron chi connectivity index (χ0n) is 10.4. The third-order valence-electron chi connectivity index (χ3n) is 3.06. The average Bonchev–Trinajstić information content (AvgIpc) is 2.40. The maximum atomic E-state index is 12.0. The van der Waals surface area contributed by atoms with E-state index >= 15 is 0 Å². The van der Waals surface area contributed by atoms with Crippen molar-refractivity contribution >= 4 is 40.3 Å². The molecule has 5 nitrogen and oxygen atoms in total. The first-order valence-corrected chi connectivity index (χ1v) is 6.94. The fourth-order valence-electron chi connectivity index (χ4n) is 1.89. The molecule has 6 heteroatoms. The molecule has 0 radical (unpaired) electrons. The normalized spacial score (nSPS) is 19.5. The van der Waals surface area contributed by atoms with Crippen LogP contribution in [0.15, 0.2) is 24.3 Å². The summed E-state index contributed by atoms with van der Waals surface area (Å²) in [6.07, 6.45) is 0.637.